The Balaban J connectivity index is 1.38. The number of unbranched alkanes of at least 4 members (excludes halogenated alkanes) is 9. The number of rotatable bonds is 24. The summed E-state index contributed by atoms with van der Waals surface area (Å²) >= 11 is 0. The van der Waals surface area contributed by atoms with Crippen LogP contribution in [-0.4, -0.2) is 42.0 Å². The number of aryl methyl sites for hydroxylation is 1. The van der Waals surface area contributed by atoms with E-state index in [1.54, 1.807) is 12.1 Å². The molecule has 0 radical (unpaired) electrons. The maximum Gasteiger partial charge on any atom is 0.527 e. The fourth-order valence-corrected chi connectivity index (χ4v) is 5.84. The van der Waals surface area contributed by atoms with Crippen LogP contribution in [-0.2, 0) is 27.4 Å². The number of hydrogen-bond acceptors (Lipinski definition) is 6. The Labute approximate surface area is 270 Å². The van der Waals surface area contributed by atoms with Crippen molar-refractivity contribution < 1.29 is 37.3 Å². The van der Waals surface area contributed by atoms with Gasteiger partial charge in [0.15, 0.2) is 0 Å². The first-order valence-corrected chi connectivity index (χ1v) is 18.0. The Morgan fingerprint density at radius 2 is 1.51 bits per heavy atom. The Kier molecular flexibility index (Phi) is 16.5. The molecule has 3 aromatic rings. The number of aromatic nitrogens is 2. The molecule has 2 aromatic carbocycles. The zero-order valence-corrected chi connectivity index (χ0v) is 28.6. The molecule has 0 bridgehead atoms. The van der Waals surface area contributed by atoms with Crippen molar-refractivity contribution in [2.75, 3.05) is 26.4 Å². The summed E-state index contributed by atoms with van der Waals surface area (Å²) in [6, 6.07) is 12.8. The lowest BCUT2D eigenvalue weighted by atomic mass is 10.1. The normalized spacial score (nSPS) is 13.4. The van der Waals surface area contributed by atoms with Crippen molar-refractivity contribution in [2.45, 2.75) is 97.6 Å². The molecular weight excluding hydrogens is 591 g/mol. The molecular formula is C35H54N2O7P+. The molecule has 10 heteroatoms. The fraction of sp³-hybridized carbons (Fsp3) is 0.571. The molecule has 1 heterocycles. The van der Waals surface area contributed by atoms with Gasteiger partial charge in [0, 0.05) is 12.2 Å². The summed E-state index contributed by atoms with van der Waals surface area (Å²) in [6.45, 7) is 7.80. The number of nitrogens with zero attached hydrogens (tertiary/aromatic N) is 2. The summed E-state index contributed by atoms with van der Waals surface area (Å²) in [4.78, 5) is 10.4. The van der Waals surface area contributed by atoms with Crippen LogP contribution in [0.3, 0.4) is 0 Å². The van der Waals surface area contributed by atoms with Gasteiger partial charge in [-0.25, -0.2) is 13.7 Å². The largest absolute Gasteiger partial charge is 0.527 e. The van der Waals surface area contributed by atoms with Crippen LogP contribution in [0.4, 0.5) is 0 Å². The van der Waals surface area contributed by atoms with Crippen LogP contribution in [0.15, 0.2) is 61.2 Å². The van der Waals surface area contributed by atoms with E-state index in [1.165, 1.54) is 57.8 Å². The van der Waals surface area contributed by atoms with Gasteiger partial charge in [-0.15, -0.1) is 0 Å². The van der Waals surface area contributed by atoms with Crippen LogP contribution in [0.1, 0.15) is 89.2 Å². The van der Waals surface area contributed by atoms with Crippen LogP contribution >= 0.6 is 7.82 Å². The van der Waals surface area contributed by atoms with E-state index in [9.17, 15) is 9.46 Å². The molecule has 2 atom stereocenters. The van der Waals surface area contributed by atoms with Gasteiger partial charge >= 0.3 is 7.82 Å². The van der Waals surface area contributed by atoms with E-state index >= 15 is 0 Å². The molecule has 0 aliphatic heterocycles. The number of hydrogen-bond donors (Lipinski definition) is 1. The average molecular weight is 646 g/mol. The molecule has 0 saturated heterocycles. The maximum absolute atomic E-state index is 12.7. The number of phosphoric acid groups is 1. The highest BCUT2D eigenvalue weighted by Gasteiger charge is 2.26. The van der Waals surface area contributed by atoms with E-state index in [1.807, 2.05) is 79.1 Å². The summed E-state index contributed by atoms with van der Waals surface area (Å²) in [6.07, 6.45) is 18.2. The molecule has 0 aliphatic rings. The summed E-state index contributed by atoms with van der Waals surface area (Å²) < 4.78 is 45.1. The quantitative estimate of drug-likeness (QED) is 0.0601. The van der Waals surface area contributed by atoms with Crippen molar-refractivity contribution >= 4 is 7.82 Å². The molecule has 1 aromatic heterocycles. The van der Waals surface area contributed by atoms with Gasteiger partial charge in [0.2, 0.25) is 6.33 Å². The fourth-order valence-electron chi connectivity index (χ4n) is 5.04. The number of benzene rings is 2. The van der Waals surface area contributed by atoms with E-state index in [2.05, 4.69) is 6.92 Å². The summed E-state index contributed by atoms with van der Waals surface area (Å²) in [7, 11) is -2.42. The lowest BCUT2D eigenvalue weighted by Crippen LogP contribution is -2.27. The van der Waals surface area contributed by atoms with Gasteiger partial charge in [-0.3, -0.25) is 9.42 Å². The lowest BCUT2D eigenvalue weighted by molar-refractivity contribution is -0.671. The number of phosphoric ester groups is 1. The van der Waals surface area contributed by atoms with E-state index in [0.29, 0.717) is 25.5 Å². The Morgan fingerprint density at radius 3 is 2.13 bits per heavy atom. The van der Waals surface area contributed by atoms with Crippen LogP contribution in [0.2, 0.25) is 0 Å². The zero-order valence-electron chi connectivity index (χ0n) is 27.7. The van der Waals surface area contributed by atoms with Crippen LogP contribution in [0.25, 0.3) is 0 Å². The van der Waals surface area contributed by atoms with Crippen molar-refractivity contribution in [1.29, 1.82) is 0 Å². The minimum absolute atomic E-state index is 0.141. The van der Waals surface area contributed by atoms with E-state index in [4.69, 9.17) is 23.3 Å². The highest BCUT2D eigenvalue weighted by atomic mass is 31.2. The van der Waals surface area contributed by atoms with Gasteiger partial charge in [0.05, 0.1) is 20.3 Å². The van der Waals surface area contributed by atoms with E-state index in [-0.39, 0.29) is 19.0 Å². The van der Waals surface area contributed by atoms with E-state index in [0.717, 1.165) is 23.3 Å². The predicted octanol–water partition coefficient (Wildman–Crippen LogP) is 7.95. The third-order valence-electron chi connectivity index (χ3n) is 7.57. The first-order chi connectivity index (χ1) is 21.8. The van der Waals surface area contributed by atoms with Crippen molar-refractivity contribution in [3.63, 3.8) is 0 Å². The van der Waals surface area contributed by atoms with Crippen molar-refractivity contribution in [3.05, 3.63) is 72.3 Å². The van der Waals surface area contributed by atoms with Gasteiger partial charge in [0.1, 0.15) is 48.9 Å². The zero-order chi connectivity index (χ0) is 32.3. The molecule has 250 valence electrons. The average Bonchev–Trinajstić information content (AvgIpc) is 3.43. The van der Waals surface area contributed by atoms with Gasteiger partial charge in [-0.1, -0.05) is 82.9 Å². The number of imidazole rings is 1. The predicted molar refractivity (Wildman–Crippen MR) is 177 cm³/mol. The third-order valence-corrected chi connectivity index (χ3v) is 8.49. The van der Waals surface area contributed by atoms with Crippen molar-refractivity contribution in [1.82, 2.24) is 4.57 Å². The molecule has 0 spiro atoms. The molecule has 0 fully saturated rings. The van der Waals surface area contributed by atoms with Crippen LogP contribution < -0.4 is 18.6 Å². The molecule has 9 nitrogen and oxygen atoms in total. The van der Waals surface area contributed by atoms with Crippen LogP contribution in [0.5, 0.6) is 17.2 Å². The Hall–Kier alpha value is -2.84. The van der Waals surface area contributed by atoms with Gasteiger partial charge in [-0.05, 0) is 50.1 Å². The van der Waals surface area contributed by atoms with Gasteiger partial charge < -0.3 is 18.7 Å². The first-order valence-electron chi connectivity index (χ1n) is 16.5. The van der Waals surface area contributed by atoms with Gasteiger partial charge in [-0.2, -0.15) is 0 Å². The Bertz CT molecular complexity index is 1280. The lowest BCUT2D eigenvalue weighted by Gasteiger charge is -2.21. The molecule has 0 aliphatic carbocycles. The first kappa shape index (κ1) is 36.6. The third kappa shape index (κ3) is 14.4. The van der Waals surface area contributed by atoms with Gasteiger partial charge in [0.25, 0.3) is 0 Å². The second-order valence-corrected chi connectivity index (χ2v) is 12.9. The van der Waals surface area contributed by atoms with Crippen molar-refractivity contribution in [3.8, 4) is 17.2 Å². The topological polar surface area (TPSA) is 92.3 Å². The summed E-state index contributed by atoms with van der Waals surface area (Å²) in [5.41, 5.74) is 1.94. The SMILES string of the molecule is CCCCCCCCCCCCOc1cccc(OCC(COP(=O)(O)Oc2ccc(Cn3cc[n+](C)c3)cc2)OCC)c1C. The van der Waals surface area contributed by atoms with E-state index < -0.39 is 13.9 Å². The molecule has 1 N–H and O–H groups in total. The smallest absolute Gasteiger partial charge is 0.493 e. The monoisotopic (exact) mass is 645 g/mol. The maximum atomic E-state index is 12.7. The molecule has 3 rings (SSSR count). The summed E-state index contributed by atoms with van der Waals surface area (Å²) in [5, 5.41) is 0. The molecule has 2 unspecified atom stereocenters. The molecule has 0 amide bonds. The molecule has 0 saturated carbocycles. The minimum Gasteiger partial charge on any atom is -0.493 e. The second-order valence-electron chi connectivity index (χ2n) is 11.5. The molecule has 45 heavy (non-hydrogen) atoms. The second kappa shape index (κ2) is 20.3. The highest BCUT2D eigenvalue weighted by molar-refractivity contribution is 7.47. The minimum atomic E-state index is -4.38. The van der Waals surface area contributed by atoms with Crippen LogP contribution in [0, 0.1) is 6.92 Å². The summed E-state index contributed by atoms with van der Waals surface area (Å²) in [5.74, 6) is 1.73. The van der Waals surface area contributed by atoms with Crippen molar-refractivity contribution in [2.24, 2.45) is 7.05 Å². The Morgan fingerprint density at radius 1 is 0.867 bits per heavy atom. The highest BCUT2D eigenvalue weighted by Crippen LogP contribution is 2.44. The number of ether oxygens (including phenoxy) is 3. The standard InChI is InChI=1S/C35H53N2O7P/c1-5-7-8-9-10-11-12-13-14-15-25-41-34-17-16-18-35(30(34)3)42-27-33(40-6-2)28-43-45(38,39)44-32-21-19-31(20-22-32)26-37-24-23-36(4)29-37/h16-24,29,33H,5-15,25-28H2,1-4H3/p+1.